The molecule has 0 saturated heterocycles. The number of ether oxygens (including phenoxy) is 2. The first kappa shape index (κ1) is 18.0. The van der Waals surface area contributed by atoms with Gasteiger partial charge in [0, 0.05) is 21.9 Å². The van der Waals surface area contributed by atoms with Gasteiger partial charge in [-0.25, -0.2) is 4.79 Å². The summed E-state index contributed by atoms with van der Waals surface area (Å²) in [5.74, 6) is 2.44. The standard InChI is InChI=1S/C25H24O4/c1-13-7-4-5-10-19(13)28-25(27)29-24-20-14(2)8-6-9-18(20)23(26)21-16-11-12-17(15(16)3)22(21)24/h4-10,15-17,26H,11-12H2,1-3H3. The van der Waals surface area contributed by atoms with Crippen molar-refractivity contribution in [2.24, 2.45) is 5.92 Å². The molecule has 29 heavy (non-hydrogen) atoms. The Hall–Kier alpha value is -3.01. The Labute approximate surface area is 170 Å². The molecule has 4 heteroatoms. The average Bonchev–Trinajstić information content (AvgIpc) is 3.20. The van der Waals surface area contributed by atoms with Crippen molar-refractivity contribution in [3.8, 4) is 17.2 Å². The van der Waals surface area contributed by atoms with Crippen molar-refractivity contribution in [1.82, 2.24) is 0 Å². The quantitative estimate of drug-likeness (QED) is 0.410. The van der Waals surface area contributed by atoms with Crippen molar-refractivity contribution in [1.29, 1.82) is 0 Å². The summed E-state index contributed by atoms with van der Waals surface area (Å²) in [6, 6.07) is 13.2. The van der Waals surface area contributed by atoms with Crippen LogP contribution in [0.3, 0.4) is 0 Å². The van der Waals surface area contributed by atoms with Crippen LogP contribution in [0.2, 0.25) is 0 Å². The van der Waals surface area contributed by atoms with Crippen LogP contribution in [0.5, 0.6) is 17.2 Å². The van der Waals surface area contributed by atoms with Gasteiger partial charge < -0.3 is 14.6 Å². The van der Waals surface area contributed by atoms with Crippen LogP contribution in [0.15, 0.2) is 42.5 Å². The molecule has 0 radical (unpaired) electrons. The van der Waals surface area contributed by atoms with Gasteiger partial charge in [-0.1, -0.05) is 43.3 Å². The van der Waals surface area contributed by atoms with E-state index in [0.717, 1.165) is 45.9 Å². The number of hydrogen-bond acceptors (Lipinski definition) is 4. The zero-order valence-corrected chi connectivity index (χ0v) is 16.9. The van der Waals surface area contributed by atoms with Crippen LogP contribution in [-0.4, -0.2) is 11.3 Å². The predicted octanol–water partition coefficient (Wildman–Crippen LogP) is 6.35. The highest BCUT2D eigenvalue weighted by Crippen LogP contribution is 2.63. The first-order chi connectivity index (χ1) is 14.0. The lowest BCUT2D eigenvalue weighted by molar-refractivity contribution is 0.151. The summed E-state index contributed by atoms with van der Waals surface area (Å²) in [5.41, 5.74) is 3.80. The molecule has 5 rings (SSSR count). The van der Waals surface area contributed by atoms with Crippen molar-refractivity contribution in [2.75, 3.05) is 0 Å². The molecule has 2 aliphatic rings. The summed E-state index contributed by atoms with van der Waals surface area (Å²) >= 11 is 0. The Morgan fingerprint density at radius 1 is 0.931 bits per heavy atom. The van der Waals surface area contributed by atoms with Gasteiger partial charge in [0.05, 0.1) is 0 Å². The molecule has 2 aliphatic carbocycles. The minimum atomic E-state index is -0.743. The molecule has 3 aromatic carbocycles. The van der Waals surface area contributed by atoms with Gasteiger partial charge in [-0.05, 0) is 61.6 Å². The first-order valence-corrected chi connectivity index (χ1v) is 10.2. The lowest BCUT2D eigenvalue weighted by atomic mass is 9.86. The second kappa shape index (κ2) is 6.51. The van der Waals surface area contributed by atoms with Crippen LogP contribution in [0, 0.1) is 19.8 Å². The highest BCUT2D eigenvalue weighted by Gasteiger charge is 2.48. The maximum Gasteiger partial charge on any atom is 0.519 e. The van der Waals surface area contributed by atoms with Gasteiger partial charge in [0.25, 0.3) is 0 Å². The van der Waals surface area contributed by atoms with E-state index in [1.807, 2.05) is 50.2 Å². The molecule has 1 fully saturated rings. The second-order valence-electron chi connectivity index (χ2n) is 8.37. The number of phenols is 1. The summed E-state index contributed by atoms with van der Waals surface area (Å²) < 4.78 is 11.4. The first-order valence-electron chi connectivity index (χ1n) is 10.2. The molecule has 0 aromatic heterocycles. The lowest BCUT2D eigenvalue weighted by Crippen LogP contribution is -2.17. The number of aromatic hydroxyl groups is 1. The van der Waals surface area contributed by atoms with E-state index >= 15 is 0 Å². The van der Waals surface area contributed by atoms with Gasteiger partial charge in [0.15, 0.2) is 0 Å². The van der Waals surface area contributed by atoms with E-state index in [-0.39, 0.29) is 0 Å². The second-order valence-corrected chi connectivity index (χ2v) is 8.37. The molecule has 3 atom stereocenters. The number of aryl methyl sites for hydroxylation is 2. The predicted molar refractivity (Wildman–Crippen MR) is 112 cm³/mol. The molecular formula is C25H24O4. The monoisotopic (exact) mass is 388 g/mol. The minimum Gasteiger partial charge on any atom is -0.507 e. The zero-order valence-electron chi connectivity index (χ0n) is 16.9. The topological polar surface area (TPSA) is 55.8 Å². The fraction of sp³-hybridized carbons (Fsp3) is 0.320. The highest BCUT2D eigenvalue weighted by atomic mass is 16.7. The van der Waals surface area contributed by atoms with E-state index in [0.29, 0.717) is 35.0 Å². The molecule has 148 valence electrons. The van der Waals surface area contributed by atoms with Crippen LogP contribution >= 0.6 is 0 Å². The number of para-hydroxylation sites is 1. The minimum absolute atomic E-state index is 0.297. The third kappa shape index (κ3) is 2.62. The average molecular weight is 388 g/mol. The molecule has 1 saturated carbocycles. The fourth-order valence-corrected chi connectivity index (χ4v) is 5.39. The van der Waals surface area contributed by atoms with Crippen LogP contribution in [0.25, 0.3) is 10.8 Å². The zero-order chi connectivity index (χ0) is 20.3. The smallest absolute Gasteiger partial charge is 0.507 e. The normalized spacial score (nSPS) is 22.0. The van der Waals surface area contributed by atoms with Gasteiger partial charge in [0.2, 0.25) is 0 Å². The van der Waals surface area contributed by atoms with Gasteiger partial charge >= 0.3 is 6.16 Å². The van der Waals surface area contributed by atoms with Gasteiger partial charge in [-0.2, -0.15) is 0 Å². The molecule has 2 bridgehead atoms. The molecule has 1 N–H and O–H groups in total. The van der Waals surface area contributed by atoms with E-state index in [4.69, 9.17) is 9.47 Å². The number of hydrogen-bond donors (Lipinski definition) is 1. The summed E-state index contributed by atoms with van der Waals surface area (Å²) in [6.45, 7) is 6.10. The number of benzene rings is 3. The third-order valence-corrected chi connectivity index (χ3v) is 6.82. The van der Waals surface area contributed by atoms with E-state index in [9.17, 15) is 9.90 Å². The Bertz CT molecular complexity index is 1150. The SMILES string of the molecule is Cc1ccccc1OC(=O)Oc1c2c(c(O)c3cccc(C)c13)C1CCC2C1C. The van der Waals surface area contributed by atoms with Gasteiger partial charge in [-0.15, -0.1) is 0 Å². The molecule has 0 spiro atoms. The highest BCUT2D eigenvalue weighted by molar-refractivity contribution is 6.00. The molecule has 4 nitrogen and oxygen atoms in total. The third-order valence-electron chi connectivity index (χ3n) is 6.82. The Balaban J connectivity index is 1.65. The van der Waals surface area contributed by atoms with E-state index in [2.05, 4.69) is 6.92 Å². The van der Waals surface area contributed by atoms with E-state index in [1.54, 1.807) is 6.07 Å². The number of rotatable bonds is 2. The van der Waals surface area contributed by atoms with Crippen molar-refractivity contribution in [3.05, 3.63) is 64.7 Å². The van der Waals surface area contributed by atoms with Crippen LogP contribution in [-0.2, 0) is 0 Å². The van der Waals surface area contributed by atoms with Gasteiger partial charge in [0.1, 0.15) is 17.2 Å². The molecule has 3 aromatic rings. The maximum atomic E-state index is 12.8. The van der Waals surface area contributed by atoms with Crippen molar-refractivity contribution in [2.45, 2.75) is 45.4 Å². The van der Waals surface area contributed by atoms with Crippen molar-refractivity contribution in [3.63, 3.8) is 0 Å². The van der Waals surface area contributed by atoms with Crippen LogP contribution in [0.1, 0.15) is 53.9 Å². The molecule has 0 aliphatic heterocycles. The Kier molecular flexibility index (Phi) is 4.05. The maximum absolute atomic E-state index is 12.8. The molecule has 3 unspecified atom stereocenters. The summed E-state index contributed by atoms with van der Waals surface area (Å²) in [7, 11) is 0. The van der Waals surface area contributed by atoms with E-state index < -0.39 is 6.16 Å². The molecular weight excluding hydrogens is 364 g/mol. The van der Waals surface area contributed by atoms with E-state index in [1.165, 1.54) is 0 Å². The lowest BCUT2D eigenvalue weighted by Gasteiger charge is -2.23. The van der Waals surface area contributed by atoms with Crippen LogP contribution in [0.4, 0.5) is 4.79 Å². The Morgan fingerprint density at radius 3 is 2.38 bits per heavy atom. The van der Waals surface area contributed by atoms with Crippen molar-refractivity contribution >= 4 is 16.9 Å². The Morgan fingerprint density at radius 2 is 1.62 bits per heavy atom. The fourth-order valence-electron chi connectivity index (χ4n) is 5.39. The van der Waals surface area contributed by atoms with Gasteiger partial charge in [-0.3, -0.25) is 0 Å². The summed E-state index contributed by atoms with van der Waals surface area (Å²) in [5, 5.41) is 12.6. The number of carbonyl (C=O) groups excluding carboxylic acids is 1. The molecule has 0 heterocycles. The summed E-state index contributed by atoms with van der Waals surface area (Å²) in [4.78, 5) is 12.8. The van der Waals surface area contributed by atoms with Crippen molar-refractivity contribution < 1.29 is 19.4 Å². The molecule has 0 amide bonds. The number of carbonyl (C=O) groups is 1. The largest absolute Gasteiger partial charge is 0.519 e. The number of fused-ring (bicyclic) bond motifs is 6. The van der Waals surface area contributed by atoms with Crippen LogP contribution < -0.4 is 9.47 Å². The summed E-state index contributed by atoms with van der Waals surface area (Å²) in [6.07, 6.45) is 1.38. The number of phenolic OH excluding ortho intramolecular Hbond substituents is 1.